The van der Waals surface area contributed by atoms with Gasteiger partial charge in [-0.1, -0.05) is 17.7 Å². The number of nitriles is 1. The van der Waals surface area contributed by atoms with Crippen LogP contribution >= 0.6 is 11.6 Å². The highest BCUT2D eigenvalue weighted by Crippen LogP contribution is 2.25. The molecular formula is C17H13ClN4O. The lowest BCUT2D eigenvalue weighted by Crippen LogP contribution is -2.15. The molecule has 0 saturated carbocycles. The zero-order valence-corrected chi connectivity index (χ0v) is 13.4. The van der Waals surface area contributed by atoms with Gasteiger partial charge in [0.25, 0.3) is 5.91 Å². The summed E-state index contributed by atoms with van der Waals surface area (Å²) in [4.78, 5) is 20.8. The fraction of sp³-hybridized carbons (Fsp3) is 0.176. The maximum absolute atomic E-state index is 12.4. The van der Waals surface area contributed by atoms with Crippen molar-refractivity contribution in [3.8, 4) is 6.07 Å². The molecule has 1 amide bonds. The van der Waals surface area contributed by atoms with E-state index >= 15 is 0 Å². The average molecular weight is 325 g/mol. The highest BCUT2D eigenvalue weighted by molar-refractivity contribution is 6.35. The minimum absolute atomic E-state index is 0.106. The Labute approximate surface area is 138 Å². The lowest BCUT2D eigenvalue weighted by atomic mass is 10.1. The molecule has 0 unspecified atom stereocenters. The fourth-order valence-corrected chi connectivity index (χ4v) is 2.69. The van der Waals surface area contributed by atoms with Crippen LogP contribution in [0.3, 0.4) is 0 Å². The Morgan fingerprint density at radius 2 is 2.17 bits per heavy atom. The number of hydrogen-bond acceptors (Lipinski definition) is 4. The Morgan fingerprint density at radius 1 is 1.39 bits per heavy atom. The summed E-state index contributed by atoms with van der Waals surface area (Å²) in [5, 5.41) is 11.9. The predicted molar refractivity (Wildman–Crippen MR) is 89.0 cm³/mol. The molecule has 0 saturated heterocycles. The van der Waals surface area contributed by atoms with Crippen molar-refractivity contribution >= 4 is 28.9 Å². The summed E-state index contributed by atoms with van der Waals surface area (Å²) in [6.07, 6.45) is 1.36. The van der Waals surface area contributed by atoms with Crippen LogP contribution in [0.1, 0.15) is 39.7 Å². The van der Waals surface area contributed by atoms with Gasteiger partial charge in [0.05, 0.1) is 17.1 Å². The van der Waals surface area contributed by atoms with Gasteiger partial charge in [-0.15, -0.1) is 0 Å². The molecule has 1 aliphatic rings. The van der Waals surface area contributed by atoms with Crippen LogP contribution in [0, 0.1) is 18.3 Å². The highest BCUT2D eigenvalue weighted by atomic mass is 35.5. The van der Waals surface area contributed by atoms with Crippen LogP contribution in [0.5, 0.6) is 0 Å². The second kappa shape index (κ2) is 5.82. The molecule has 0 radical (unpaired) electrons. The molecular weight excluding hydrogens is 312 g/mol. The number of benzene rings is 1. The van der Waals surface area contributed by atoms with Gasteiger partial charge in [0.2, 0.25) is 0 Å². The van der Waals surface area contributed by atoms with Gasteiger partial charge in [-0.3, -0.25) is 9.79 Å². The van der Waals surface area contributed by atoms with E-state index in [1.807, 2.05) is 31.2 Å². The molecule has 0 fully saturated rings. The molecule has 0 bridgehead atoms. The molecule has 114 valence electrons. The van der Waals surface area contributed by atoms with Gasteiger partial charge in [0.1, 0.15) is 11.8 Å². The summed E-state index contributed by atoms with van der Waals surface area (Å²) in [5.74, 6) is -0.407. The van der Waals surface area contributed by atoms with Crippen molar-refractivity contribution in [3.63, 3.8) is 0 Å². The Morgan fingerprint density at radius 3 is 2.91 bits per heavy atom. The molecule has 0 atom stereocenters. The molecule has 23 heavy (non-hydrogen) atoms. The zero-order chi connectivity index (χ0) is 16.6. The number of carbonyl (C=O) groups excluding carboxylic acids is 1. The van der Waals surface area contributed by atoms with Crippen LogP contribution in [0.25, 0.3) is 0 Å². The Hall–Kier alpha value is -2.71. The van der Waals surface area contributed by atoms with E-state index in [0.29, 0.717) is 23.4 Å². The summed E-state index contributed by atoms with van der Waals surface area (Å²) in [5.41, 5.74) is 4.81. The van der Waals surface area contributed by atoms with Gasteiger partial charge in [0.15, 0.2) is 0 Å². The number of nitrogens with one attached hydrogen (secondary N) is 1. The maximum atomic E-state index is 12.4. The SMILES string of the molecule is CC1=NCc2ccc(NC(=O)c3ncc(C#N)c(C)c3Cl)cc21. The lowest BCUT2D eigenvalue weighted by molar-refractivity contribution is 0.102. The van der Waals surface area contributed by atoms with Crippen molar-refractivity contribution in [1.29, 1.82) is 5.26 Å². The van der Waals surface area contributed by atoms with Crippen LogP contribution in [0.4, 0.5) is 5.69 Å². The van der Waals surface area contributed by atoms with Gasteiger partial charge >= 0.3 is 0 Å². The second-order valence-corrected chi connectivity index (χ2v) is 5.68. The van der Waals surface area contributed by atoms with Gasteiger partial charge in [0, 0.05) is 23.2 Å². The van der Waals surface area contributed by atoms with E-state index in [1.165, 1.54) is 6.20 Å². The number of aliphatic imine (C=N–C) groups is 1. The van der Waals surface area contributed by atoms with Crippen molar-refractivity contribution in [1.82, 2.24) is 4.98 Å². The molecule has 2 heterocycles. The van der Waals surface area contributed by atoms with Crippen LogP contribution in [-0.4, -0.2) is 16.6 Å². The number of carbonyl (C=O) groups is 1. The predicted octanol–water partition coefficient (Wildman–Crippen LogP) is 3.49. The third-order valence-corrected chi connectivity index (χ3v) is 4.31. The number of amides is 1. The van der Waals surface area contributed by atoms with Gasteiger partial charge in [-0.2, -0.15) is 5.26 Å². The van der Waals surface area contributed by atoms with Gasteiger partial charge in [-0.05, 0) is 37.1 Å². The van der Waals surface area contributed by atoms with Crippen molar-refractivity contribution in [2.75, 3.05) is 5.32 Å². The van der Waals surface area contributed by atoms with E-state index in [1.54, 1.807) is 6.92 Å². The van der Waals surface area contributed by atoms with Crippen molar-refractivity contribution < 1.29 is 4.79 Å². The number of halogens is 1. The molecule has 6 heteroatoms. The van der Waals surface area contributed by atoms with E-state index in [2.05, 4.69) is 15.3 Å². The maximum Gasteiger partial charge on any atom is 0.275 e. The number of pyridine rings is 1. The molecule has 2 aromatic rings. The molecule has 1 aliphatic heterocycles. The van der Waals surface area contributed by atoms with Crippen molar-refractivity contribution in [2.24, 2.45) is 4.99 Å². The topological polar surface area (TPSA) is 78.1 Å². The average Bonchev–Trinajstić information content (AvgIpc) is 2.91. The number of anilines is 1. The number of aromatic nitrogens is 1. The molecule has 5 nitrogen and oxygen atoms in total. The number of rotatable bonds is 2. The number of hydrogen-bond donors (Lipinski definition) is 1. The molecule has 1 aromatic heterocycles. The van der Waals surface area contributed by atoms with Gasteiger partial charge in [-0.25, -0.2) is 4.98 Å². The van der Waals surface area contributed by atoms with Crippen LogP contribution in [0.15, 0.2) is 29.4 Å². The minimum atomic E-state index is -0.407. The van der Waals surface area contributed by atoms with E-state index in [0.717, 1.165) is 16.8 Å². The largest absolute Gasteiger partial charge is 0.321 e. The Bertz CT molecular complexity index is 896. The third-order valence-electron chi connectivity index (χ3n) is 3.84. The smallest absolute Gasteiger partial charge is 0.275 e. The summed E-state index contributed by atoms with van der Waals surface area (Å²) in [7, 11) is 0. The first-order valence-electron chi connectivity index (χ1n) is 7.02. The quantitative estimate of drug-likeness (QED) is 0.918. The number of nitrogens with zero attached hydrogens (tertiary/aromatic N) is 3. The minimum Gasteiger partial charge on any atom is -0.321 e. The number of fused-ring (bicyclic) bond motifs is 1. The fourth-order valence-electron chi connectivity index (χ4n) is 2.46. The summed E-state index contributed by atoms with van der Waals surface area (Å²) >= 11 is 6.16. The molecule has 0 aliphatic carbocycles. The molecule has 0 spiro atoms. The first-order chi connectivity index (χ1) is 11.0. The Kier molecular flexibility index (Phi) is 3.85. The summed E-state index contributed by atoms with van der Waals surface area (Å²) in [6, 6.07) is 7.66. The van der Waals surface area contributed by atoms with Crippen LogP contribution in [-0.2, 0) is 6.54 Å². The summed E-state index contributed by atoms with van der Waals surface area (Å²) < 4.78 is 0. The first kappa shape index (κ1) is 15.2. The summed E-state index contributed by atoms with van der Waals surface area (Å²) in [6.45, 7) is 4.31. The van der Waals surface area contributed by atoms with Gasteiger partial charge < -0.3 is 5.32 Å². The first-order valence-corrected chi connectivity index (χ1v) is 7.40. The van der Waals surface area contributed by atoms with E-state index in [-0.39, 0.29) is 10.7 Å². The third kappa shape index (κ3) is 2.69. The highest BCUT2D eigenvalue weighted by Gasteiger charge is 2.18. The Balaban J connectivity index is 1.89. The zero-order valence-electron chi connectivity index (χ0n) is 12.6. The van der Waals surface area contributed by atoms with E-state index in [4.69, 9.17) is 16.9 Å². The molecule has 3 rings (SSSR count). The van der Waals surface area contributed by atoms with Crippen molar-refractivity contribution in [3.05, 3.63) is 57.4 Å². The van der Waals surface area contributed by atoms with Crippen LogP contribution in [0.2, 0.25) is 5.02 Å². The monoisotopic (exact) mass is 324 g/mol. The van der Waals surface area contributed by atoms with E-state index in [9.17, 15) is 4.79 Å². The standard InChI is InChI=1S/C17H13ClN4O/c1-9-12(6-19)8-21-16(15(9)18)17(23)22-13-4-3-11-7-20-10(2)14(11)5-13/h3-5,8H,7H2,1-2H3,(H,22,23). The van der Waals surface area contributed by atoms with Crippen molar-refractivity contribution in [2.45, 2.75) is 20.4 Å². The van der Waals surface area contributed by atoms with Crippen LogP contribution < -0.4 is 5.32 Å². The second-order valence-electron chi connectivity index (χ2n) is 5.30. The normalized spacial score (nSPS) is 12.3. The lowest BCUT2D eigenvalue weighted by Gasteiger charge is -2.10. The molecule has 1 N–H and O–H groups in total. The van der Waals surface area contributed by atoms with E-state index < -0.39 is 5.91 Å². The molecule has 1 aromatic carbocycles.